The molecule has 4 rings (SSSR count). The standard InChI is InChI=1S/C23H18ClF3N2O6/c24-17-6-4-13(23(25,26)27)9-18(17)28-19(30)11-35-22(33)12-3-5-15-16(8-12)21(32)29(20(15)31)10-14-2-1-7-34-14/h3-6,8-9,14H,1-2,7,10-11H2,(H,28,30)/t14-/m0/s1. The van der Waals surface area contributed by atoms with Crippen LogP contribution < -0.4 is 5.32 Å². The number of amides is 3. The summed E-state index contributed by atoms with van der Waals surface area (Å²) in [7, 11) is 0. The van der Waals surface area contributed by atoms with E-state index in [9.17, 15) is 32.3 Å². The summed E-state index contributed by atoms with van der Waals surface area (Å²) in [5.41, 5.74) is -1.21. The van der Waals surface area contributed by atoms with Crippen molar-refractivity contribution >= 4 is 41.0 Å². The van der Waals surface area contributed by atoms with Crippen molar-refractivity contribution in [2.45, 2.75) is 25.1 Å². The molecule has 12 heteroatoms. The molecule has 2 heterocycles. The molecule has 1 saturated heterocycles. The molecule has 184 valence electrons. The molecule has 35 heavy (non-hydrogen) atoms. The average Bonchev–Trinajstić information content (AvgIpc) is 3.41. The van der Waals surface area contributed by atoms with Gasteiger partial charge in [0.05, 0.1) is 45.6 Å². The Morgan fingerprint density at radius 3 is 2.54 bits per heavy atom. The maximum Gasteiger partial charge on any atom is 0.416 e. The van der Waals surface area contributed by atoms with Crippen LogP contribution in [0.1, 0.15) is 49.5 Å². The predicted octanol–water partition coefficient (Wildman–Crippen LogP) is 3.93. The van der Waals surface area contributed by atoms with Crippen LogP contribution in [0.5, 0.6) is 0 Å². The lowest BCUT2D eigenvalue weighted by Gasteiger charge is -2.17. The molecule has 0 unspecified atom stereocenters. The van der Waals surface area contributed by atoms with Gasteiger partial charge in [0, 0.05) is 6.61 Å². The summed E-state index contributed by atoms with van der Waals surface area (Å²) < 4.78 is 49.0. The molecule has 0 radical (unpaired) electrons. The molecule has 0 saturated carbocycles. The highest BCUT2D eigenvalue weighted by Crippen LogP contribution is 2.34. The molecule has 0 bridgehead atoms. The monoisotopic (exact) mass is 510 g/mol. The summed E-state index contributed by atoms with van der Waals surface area (Å²) in [6, 6.07) is 6.22. The summed E-state index contributed by atoms with van der Waals surface area (Å²) in [5.74, 6) is -2.93. The van der Waals surface area contributed by atoms with Gasteiger partial charge in [0.1, 0.15) is 0 Å². The summed E-state index contributed by atoms with van der Waals surface area (Å²) in [6.45, 7) is -0.137. The van der Waals surface area contributed by atoms with E-state index in [1.807, 2.05) is 0 Å². The van der Waals surface area contributed by atoms with Crippen LogP contribution >= 0.6 is 11.6 Å². The van der Waals surface area contributed by atoms with E-state index in [0.717, 1.165) is 29.9 Å². The number of nitrogens with one attached hydrogen (secondary N) is 1. The highest BCUT2D eigenvalue weighted by molar-refractivity contribution is 6.33. The Bertz CT molecular complexity index is 1210. The Kier molecular flexibility index (Phi) is 6.82. The Hall–Kier alpha value is -3.44. The number of carbonyl (C=O) groups excluding carboxylic acids is 4. The number of anilines is 1. The summed E-state index contributed by atoms with van der Waals surface area (Å²) in [4.78, 5) is 50.9. The van der Waals surface area contributed by atoms with E-state index < -0.39 is 42.0 Å². The zero-order valence-electron chi connectivity index (χ0n) is 18.0. The van der Waals surface area contributed by atoms with Gasteiger partial charge in [-0.1, -0.05) is 11.6 Å². The molecule has 2 aromatic carbocycles. The van der Waals surface area contributed by atoms with Gasteiger partial charge < -0.3 is 14.8 Å². The van der Waals surface area contributed by atoms with E-state index in [0.29, 0.717) is 12.7 Å². The van der Waals surface area contributed by atoms with Crippen molar-refractivity contribution in [3.8, 4) is 0 Å². The number of carbonyl (C=O) groups is 4. The normalized spacial score (nSPS) is 17.5. The quantitative estimate of drug-likeness (QED) is 0.467. The van der Waals surface area contributed by atoms with E-state index >= 15 is 0 Å². The van der Waals surface area contributed by atoms with Gasteiger partial charge in [-0.2, -0.15) is 13.2 Å². The second-order valence-corrected chi connectivity index (χ2v) is 8.34. The lowest BCUT2D eigenvalue weighted by Crippen LogP contribution is -2.36. The van der Waals surface area contributed by atoms with E-state index in [1.54, 1.807) is 0 Å². The van der Waals surface area contributed by atoms with Gasteiger partial charge in [0.15, 0.2) is 6.61 Å². The van der Waals surface area contributed by atoms with Gasteiger partial charge in [-0.15, -0.1) is 0 Å². The summed E-state index contributed by atoms with van der Waals surface area (Å²) in [5, 5.41) is 2.03. The Labute approximate surface area is 201 Å². The number of halogens is 4. The molecule has 0 spiro atoms. The van der Waals surface area contributed by atoms with Gasteiger partial charge in [-0.05, 0) is 49.2 Å². The van der Waals surface area contributed by atoms with Crippen LogP contribution in [0.3, 0.4) is 0 Å². The molecule has 2 aromatic rings. The smallest absolute Gasteiger partial charge is 0.416 e. The largest absolute Gasteiger partial charge is 0.452 e. The van der Waals surface area contributed by atoms with Crippen molar-refractivity contribution in [2.24, 2.45) is 0 Å². The third-order valence-electron chi connectivity index (χ3n) is 5.52. The first kappa shape index (κ1) is 24.7. The number of nitrogens with zero attached hydrogens (tertiary/aromatic N) is 1. The van der Waals surface area contributed by atoms with E-state index in [-0.39, 0.29) is 40.0 Å². The van der Waals surface area contributed by atoms with Gasteiger partial charge in [0.2, 0.25) is 0 Å². The van der Waals surface area contributed by atoms with E-state index in [4.69, 9.17) is 21.1 Å². The zero-order valence-corrected chi connectivity index (χ0v) is 18.7. The Balaban J connectivity index is 1.38. The van der Waals surface area contributed by atoms with Crippen molar-refractivity contribution in [1.82, 2.24) is 4.90 Å². The van der Waals surface area contributed by atoms with Gasteiger partial charge in [0.25, 0.3) is 17.7 Å². The third kappa shape index (κ3) is 5.30. The van der Waals surface area contributed by atoms with Crippen LogP contribution in [0.2, 0.25) is 5.02 Å². The molecule has 0 aliphatic carbocycles. The molecule has 8 nitrogen and oxygen atoms in total. The van der Waals surface area contributed by atoms with Crippen LogP contribution in [-0.2, 0) is 20.4 Å². The molecular formula is C23H18ClF3N2O6. The van der Waals surface area contributed by atoms with E-state index in [1.165, 1.54) is 18.2 Å². The number of alkyl halides is 3. The van der Waals surface area contributed by atoms with Crippen molar-refractivity contribution in [1.29, 1.82) is 0 Å². The number of hydrogen-bond donors (Lipinski definition) is 1. The van der Waals surface area contributed by atoms with Crippen LogP contribution in [-0.4, -0.2) is 54.5 Å². The first-order valence-corrected chi connectivity index (χ1v) is 10.9. The fourth-order valence-corrected chi connectivity index (χ4v) is 3.94. The third-order valence-corrected chi connectivity index (χ3v) is 5.85. The summed E-state index contributed by atoms with van der Waals surface area (Å²) >= 11 is 5.83. The van der Waals surface area contributed by atoms with Crippen LogP contribution in [0, 0.1) is 0 Å². The topological polar surface area (TPSA) is 102 Å². The minimum Gasteiger partial charge on any atom is -0.452 e. The minimum atomic E-state index is -4.64. The van der Waals surface area contributed by atoms with Gasteiger partial charge in [-0.25, -0.2) is 4.79 Å². The molecule has 1 N–H and O–H groups in total. The second kappa shape index (κ2) is 9.67. The maximum absolute atomic E-state index is 12.9. The lowest BCUT2D eigenvalue weighted by molar-refractivity contribution is -0.137. The van der Waals surface area contributed by atoms with Gasteiger partial charge in [-0.3, -0.25) is 19.3 Å². The molecule has 1 atom stereocenters. The van der Waals surface area contributed by atoms with Gasteiger partial charge >= 0.3 is 12.1 Å². The lowest BCUT2D eigenvalue weighted by atomic mass is 10.1. The maximum atomic E-state index is 12.9. The number of esters is 1. The molecule has 0 aromatic heterocycles. The van der Waals surface area contributed by atoms with Crippen molar-refractivity contribution < 1.29 is 41.8 Å². The number of hydrogen-bond acceptors (Lipinski definition) is 6. The molecule has 2 aliphatic rings. The number of ether oxygens (including phenoxy) is 2. The number of imide groups is 1. The Morgan fingerprint density at radius 2 is 1.86 bits per heavy atom. The molecule has 3 amide bonds. The number of benzene rings is 2. The van der Waals surface area contributed by atoms with Crippen molar-refractivity contribution in [3.63, 3.8) is 0 Å². The number of rotatable bonds is 6. The molecular weight excluding hydrogens is 493 g/mol. The van der Waals surface area contributed by atoms with Crippen LogP contribution in [0.25, 0.3) is 0 Å². The number of fused-ring (bicyclic) bond motifs is 1. The zero-order chi connectivity index (χ0) is 25.3. The average molecular weight is 511 g/mol. The predicted molar refractivity (Wildman–Crippen MR) is 116 cm³/mol. The van der Waals surface area contributed by atoms with Crippen molar-refractivity contribution in [3.05, 3.63) is 63.7 Å². The SMILES string of the molecule is O=C(COC(=O)c1ccc2c(c1)C(=O)N(C[C@@H]1CCCO1)C2=O)Nc1cc(C(F)(F)F)ccc1Cl. The molecule has 1 fully saturated rings. The summed E-state index contributed by atoms with van der Waals surface area (Å²) in [6.07, 6.45) is -3.29. The molecule has 2 aliphatic heterocycles. The first-order valence-electron chi connectivity index (χ1n) is 10.5. The minimum absolute atomic E-state index is 0.0302. The first-order chi connectivity index (χ1) is 16.5. The van der Waals surface area contributed by atoms with Crippen LogP contribution in [0.4, 0.5) is 18.9 Å². The highest BCUT2D eigenvalue weighted by Gasteiger charge is 2.38. The Morgan fingerprint density at radius 1 is 1.11 bits per heavy atom. The fraction of sp³-hybridized carbons (Fsp3) is 0.304. The fourth-order valence-electron chi connectivity index (χ4n) is 3.77. The second-order valence-electron chi connectivity index (χ2n) is 7.93. The van der Waals surface area contributed by atoms with Crippen LogP contribution in [0.15, 0.2) is 36.4 Å². The highest BCUT2D eigenvalue weighted by atomic mass is 35.5. The van der Waals surface area contributed by atoms with Crippen molar-refractivity contribution in [2.75, 3.05) is 25.1 Å². The van der Waals surface area contributed by atoms with E-state index in [2.05, 4.69) is 5.32 Å².